The molecule has 7 heteroatoms. The number of hydrogen-bond acceptors (Lipinski definition) is 5. The summed E-state index contributed by atoms with van der Waals surface area (Å²) in [6, 6.07) is 0. The maximum Gasteiger partial charge on any atom is 0.305 e. The number of thioether (sulfide) groups is 1. The summed E-state index contributed by atoms with van der Waals surface area (Å²) in [7, 11) is 1.85. The molecule has 1 saturated heterocycles. The third-order valence-corrected chi connectivity index (χ3v) is 4.14. The average Bonchev–Trinajstić information content (AvgIpc) is 2.63. The number of hydrogen-bond donors (Lipinski definition) is 1. The standard InChI is InChI=1S/C12H12N2O3S2/c1-13-6-3-2-4-8(13)10-11(17)14(12(18)19-10)7-5-9(15)16/h2-4,6H,5,7H2,1H3,(H,15,16). The molecule has 0 aromatic rings. The second kappa shape index (κ2) is 5.58. The molecule has 0 atom stereocenters. The molecule has 0 aromatic carbocycles. The fourth-order valence-corrected chi connectivity index (χ4v) is 3.11. The van der Waals surface area contributed by atoms with Crippen LogP contribution < -0.4 is 0 Å². The van der Waals surface area contributed by atoms with Crippen molar-refractivity contribution in [3.05, 3.63) is 35.0 Å². The number of nitrogens with zero attached hydrogens (tertiary/aromatic N) is 2. The largest absolute Gasteiger partial charge is 0.481 e. The van der Waals surface area contributed by atoms with Crippen molar-refractivity contribution in [2.24, 2.45) is 0 Å². The molecular weight excluding hydrogens is 284 g/mol. The minimum Gasteiger partial charge on any atom is -0.481 e. The smallest absolute Gasteiger partial charge is 0.305 e. The van der Waals surface area contributed by atoms with Gasteiger partial charge >= 0.3 is 5.97 Å². The Hall–Kier alpha value is -1.60. The fraction of sp³-hybridized carbons (Fsp3) is 0.250. The lowest BCUT2D eigenvalue weighted by Gasteiger charge is -2.19. The lowest BCUT2D eigenvalue weighted by Crippen LogP contribution is -2.31. The van der Waals surface area contributed by atoms with Gasteiger partial charge in [-0.15, -0.1) is 0 Å². The topological polar surface area (TPSA) is 60.9 Å². The highest BCUT2D eigenvalue weighted by Crippen LogP contribution is 2.35. The molecule has 2 rings (SSSR count). The van der Waals surface area contributed by atoms with Crippen molar-refractivity contribution in [2.75, 3.05) is 13.6 Å². The molecule has 0 bridgehead atoms. The van der Waals surface area contributed by atoms with E-state index in [1.54, 1.807) is 0 Å². The minimum atomic E-state index is -0.945. The summed E-state index contributed by atoms with van der Waals surface area (Å²) in [5.74, 6) is -1.17. The zero-order valence-corrected chi connectivity index (χ0v) is 11.8. The third kappa shape index (κ3) is 2.87. The van der Waals surface area contributed by atoms with Crippen LogP contribution in [0.4, 0.5) is 0 Å². The quantitative estimate of drug-likeness (QED) is 0.630. The Morgan fingerprint density at radius 1 is 1.47 bits per heavy atom. The van der Waals surface area contributed by atoms with Crippen molar-refractivity contribution in [1.82, 2.24) is 9.80 Å². The summed E-state index contributed by atoms with van der Waals surface area (Å²) in [6.07, 6.45) is 7.29. The molecule has 1 fully saturated rings. The first kappa shape index (κ1) is 13.8. The number of carboxylic acid groups (broad SMARTS) is 1. The summed E-state index contributed by atoms with van der Waals surface area (Å²) in [6.45, 7) is 0.111. The maximum absolute atomic E-state index is 12.3. The monoisotopic (exact) mass is 296 g/mol. The number of thiocarbonyl (C=S) groups is 1. The first-order valence-corrected chi connectivity index (χ1v) is 6.80. The summed E-state index contributed by atoms with van der Waals surface area (Å²) in [5, 5.41) is 8.67. The fourth-order valence-electron chi connectivity index (χ4n) is 1.71. The Kier molecular flexibility index (Phi) is 4.06. The van der Waals surface area contributed by atoms with E-state index in [0.717, 1.165) is 5.70 Å². The van der Waals surface area contributed by atoms with Gasteiger partial charge in [-0.2, -0.15) is 0 Å². The van der Waals surface area contributed by atoms with E-state index in [1.165, 1.54) is 16.7 Å². The number of carboxylic acids is 1. The Morgan fingerprint density at radius 3 is 2.84 bits per heavy atom. The lowest BCUT2D eigenvalue weighted by atomic mass is 10.2. The normalized spacial score (nSPS) is 22.6. The third-order valence-electron chi connectivity index (χ3n) is 2.69. The van der Waals surface area contributed by atoms with Gasteiger partial charge in [0.2, 0.25) is 0 Å². The van der Waals surface area contributed by atoms with Crippen LogP contribution in [0, 0.1) is 0 Å². The van der Waals surface area contributed by atoms with Gasteiger partial charge in [0.25, 0.3) is 5.91 Å². The van der Waals surface area contributed by atoms with E-state index < -0.39 is 5.97 Å². The second-order valence-corrected chi connectivity index (χ2v) is 5.64. The van der Waals surface area contributed by atoms with Crippen LogP contribution in [0.1, 0.15) is 6.42 Å². The second-order valence-electron chi connectivity index (χ2n) is 3.99. The van der Waals surface area contributed by atoms with Crippen molar-refractivity contribution in [3.8, 4) is 0 Å². The van der Waals surface area contributed by atoms with E-state index in [0.29, 0.717) is 9.23 Å². The van der Waals surface area contributed by atoms with Crippen LogP contribution in [0.3, 0.4) is 0 Å². The Morgan fingerprint density at radius 2 is 2.21 bits per heavy atom. The van der Waals surface area contributed by atoms with E-state index >= 15 is 0 Å². The SMILES string of the molecule is CN1C=CC=CC1=C1SC(=S)N(CCC(=O)O)C1=O. The lowest BCUT2D eigenvalue weighted by molar-refractivity contribution is -0.137. The number of allylic oxidation sites excluding steroid dienone is 3. The van der Waals surface area contributed by atoms with Gasteiger partial charge in [-0.3, -0.25) is 14.5 Å². The summed E-state index contributed by atoms with van der Waals surface area (Å²) >= 11 is 6.35. The Labute approximate surface area is 120 Å². The van der Waals surface area contributed by atoms with Crippen molar-refractivity contribution >= 4 is 40.2 Å². The molecule has 1 amide bonds. The molecule has 19 heavy (non-hydrogen) atoms. The molecule has 5 nitrogen and oxygen atoms in total. The molecule has 2 heterocycles. The van der Waals surface area contributed by atoms with Crippen LogP contribution in [0.25, 0.3) is 0 Å². The van der Waals surface area contributed by atoms with E-state index in [9.17, 15) is 9.59 Å². The predicted molar refractivity (Wildman–Crippen MR) is 77.2 cm³/mol. The van der Waals surface area contributed by atoms with Crippen LogP contribution in [0.5, 0.6) is 0 Å². The molecule has 1 N–H and O–H groups in total. The molecule has 100 valence electrons. The highest BCUT2D eigenvalue weighted by atomic mass is 32.2. The van der Waals surface area contributed by atoms with Crippen molar-refractivity contribution < 1.29 is 14.7 Å². The van der Waals surface area contributed by atoms with Crippen LogP contribution in [-0.2, 0) is 9.59 Å². The number of aliphatic carboxylic acids is 1. The molecule has 2 aliphatic rings. The predicted octanol–water partition coefficient (Wildman–Crippen LogP) is 1.55. The van der Waals surface area contributed by atoms with Crippen LogP contribution in [0.15, 0.2) is 35.0 Å². The van der Waals surface area contributed by atoms with Gasteiger partial charge in [0.15, 0.2) is 0 Å². The number of likely N-dealkylation sites (N-methyl/N-ethyl adjacent to an activating group) is 1. The Balaban J connectivity index is 2.22. The molecular formula is C12H12N2O3S2. The minimum absolute atomic E-state index is 0.110. The molecule has 0 aliphatic carbocycles. The van der Waals surface area contributed by atoms with Gasteiger partial charge in [0.1, 0.15) is 9.23 Å². The van der Waals surface area contributed by atoms with E-state index in [-0.39, 0.29) is 18.9 Å². The van der Waals surface area contributed by atoms with E-state index in [4.69, 9.17) is 17.3 Å². The number of carbonyl (C=O) groups excluding carboxylic acids is 1. The molecule has 2 aliphatic heterocycles. The van der Waals surface area contributed by atoms with Crippen molar-refractivity contribution in [2.45, 2.75) is 6.42 Å². The number of carbonyl (C=O) groups is 2. The zero-order valence-electron chi connectivity index (χ0n) is 10.2. The van der Waals surface area contributed by atoms with Gasteiger partial charge in [-0.05, 0) is 12.2 Å². The molecule has 0 saturated carbocycles. The first-order chi connectivity index (χ1) is 9.00. The first-order valence-electron chi connectivity index (χ1n) is 5.58. The van der Waals surface area contributed by atoms with Gasteiger partial charge in [0.05, 0.1) is 12.1 Å². The van der Waals surface area contributed by atoms with Crippen LogP contribution in [-0.4, -0.2) is 44.7 Å². The maximum atomic E-state index is 12.3. The van der Waals surface area contributed by atoms with E-state index in [1.807, 2.05) is 36.4 Å². The van der Waals surface area contributed by atoms with E-state index in [2.05, 4.69) is 0 Å². The summed E-state index contributed by atoms with van der Waals surface area (Å²) in [4.78, 5) is 26.6. The van der Waals surface area contributed by atoms with Gasteiger partial charge in [0, 0.05) is 19.8 Å². The summed E-state index contributed by atoms with van der Waals surface area (Å²) in [5.41, 5.74) is 0.776. The van der Waals surface area contributed by atoms with Crippen molar-refractivity contribution in [3.63, 3.8) is 0 Å². The van der Waals surface area contributed by atoms with Gasteiger partial charge in [-0.1, -0.05) is 30.1 Å². The Bertz CT molecular complexity index is 537. The average molecular weight is 296 g/mol. The zero-order chi connectivity index (χ0) is 14.0. The number of rotatable bonds is 3. The van der Waals surface area contributed by atoms with Crippen LogP contribution >= 0.6 is 24.0 Å². The highest BCUT2D eigenvalue weighted by molar-refractivity contribution is 8.26. The summed E-state index contributed by atoms with van der Waals surface area (Å²) < 4.78 is 0.408. The van der Waals surface area contributed by atoms with Crippen molar-refractivity contribution in [1.29, 1.82) is 0 Å². The van der Waals surface area contributed by atoms with Gasteiger partial charge in [-0.25, -0.2) is 0 Å². The van der Waals surface area contributed by atoms with Crippen LogP contribution in [0.2, 0.25) is 0 Å². The highest BCUT2D eigenvalue weighted by Gasteiger charge is 2.34. The molecule has 0 aromatic heterocycles. The molecule has 0 radical (unpaired) electrons. The number of amides is 1. The van der Waals surface area contributed by atoms with Gasteiger partial charge < -0.3 is 10.0 Å². The molecule has 0 spiro atoms. The molecule has 0 unspecified atom stereocenters.